The Labute approximate surface area is 251 Å². The predicted molar refractivity (Wildman–Crippen MR) is 165 cm³/mol. The van der Waals surface area contributed by atoms with Crippen LogP contribution in [0.5, 0.6) is 0 Å². The molecule has 2 aromatic rings. The van der Waals surface area contributed by atoms with Crippen LogP contribution in [0.3, 0.4) is 0 Å². The van der Waals surface area contributed by atoms with Gasteiger partial charge < -0.3 is 0 Å². The molecule has 0 atom stereocenters. The van der Waals surface area contributed by atoms with Crippen LogP contribution in [0, 0.1) is 0 Å². The second kappa shape index (κ2) is 11.8. The van der Waals surface area contributed by atoms with Crippen molar-refractivity contribution in [2.24, 2.45) is 0 Å². The molecule has 0 aromatic heterocycles. The quantitative estimate of drug-likeness (QED) is 0.313. The molecule has 0 unspecified atom stereocenters. The van der Waals surface area contributed by atoms with Crippen molar-refractivity contribution in [3.8, 4) is 0 Å². The molecule has 207 valence electrons. The van der Waals surface area contributed by atoms with E-state index in [0.717, 1.165) is 0 Å². The van der Waals surface area contributed by atoms with Crippen LogP contribution in [0.4, 0.5) is 0 Å². The molecule has 0 spiro atoms. The third kappa shape index (κ3) is 11.1. The normalized spacial score (nSPS) is 13.5. The maximum absolute atomic E-state index is 2.38. The van der Waals surface area contributed by atoms with Crippen LogP contribution < -0.4 is 0 Å². The minimum absolute atomic E-state index is 0. The first kappa shape index (κ1) is 36.3. The van der Waals surface area contributed by atoms with Crippen LogP contribution in [0.1, 0.15) is 158 Å². The van der Waals surface area contributed by atoms with Crippen molar-refractivity contribution in [2.45, 2.75) is 157 Å². The van der Waals surface area contributed by atoms with Crippen LogP contribution in [0.15, 0.2) is 36.4 Å². The first-order valence-electron chi connectivity index (χ1n) is 14.0. The van der Waals surface area contributed by atoms with E-state index in [0.29, 0.717) is 0 Å². The molecular formula is C36H60Sc. The molecule has 37 heavy (non-hydrogen) atoms. The Morgan fingerprint density at radius 1 is 0.243 bits per heavy atom. The van der Waals surface area contributed by atoms with Gasteiger partial charge in [0.25, 0.3) is 0 Å². The van der Waals surface area contributed by atoms with Crippen molar-refractivity contribution in [2.75, 3.05) is 0 Å². The summed E-state index contributed by atoms with van der Waals surface area (Å²) < 4.78 is 0. The van der Waals surface area contributed by atoms with E-state index < -0.39 is 0 Å². The molecular weight excluding hydrogens is 477 g/mol. The monoisotopic (exact) mass is 537 g/mol. The molecule has 0 nitrogen and oxygen atoms in total. The molecule has 0 saturated carbocycles. The Morgan fingerprint density at radius 3 is 0.378 bits per heavy atom. The molecule has 0 aliphatic heterocycles. The van der Waals surface area contributed by atoms with E-state index in [1.165, 1.54) is 33.4 Å². The molecule has 2 rings (SSSR count). The smallest absolute Gasteiger partial charge is 0 e. The molecule has 0 fully saturated rings. The van der Waals surface area contributed by atoms with Crippen LogP contribution >= 0.6 is 0 Å². The molecule has 0 bridgehead atoms. The summed E-state index contributed by atoms with van der Waals surface area (Å²) in [5, 5.41) is 0. The Bertz CT molecular complexity index is 768. The fraction of sp³-hybridized carbons (Fsp3) is 0.667. The van der Waals surface area contributed by atoms with Crippen molar-refractivity contribution in [1.29, 1.82) is 0 Å². The van der Waals surface area contributed by atoms with Gasteiger partial charge in [-0.05, 0) is 65.9 Å². The van der Waals surface area contributed by atoms with Crippen molar-refractivity contribution in [3.63, 3.8) is 0 Å². The summed E-state index contributed by atoms with van der Waals surface area (Å²) in [4.78, 5) is 0. The minimum Gasteiger partial charge on any atom is -0.0561 e. The molecule has 1 heteroatoms. The third-order valence-electron chi connectivity index (χ3n) is 7.06. The average molecular weight is 538 g/mol. The van der Waals surface area contributed by atoms with E-state index in [-0.39, 0.29) is 58.3 Å². The van der Waals surface area contributed by atoms with Crippen molar-refractivity contribution < 1.29 is 25.8 Å². The SMILES string of the molecule is CC(C)(C)c1cc(C(C)(C)C)cc(C(C)(C)C)c1.CC(C)(C)c1cc(C(C)(C)C)cc(C(C)(C)C)c1.[Sc]. The van der Waals surface area contributed by atoms with Gasteiger partial charge in [-0.1, -0.05) is 161 Å². The van der Waals surface area contributed by atoms with Gasteiger partial charge in [0.05, 0.1) is 0 Å². The zero-order valence-electron chi connectivity index (χ0n) is 28.0. The summed E-state index contributed by atoms with van der Waals surface area (Å²) in [6, 6.07) is 14.3. The molecule has 1 radical (unpaired) electrons. The topological polar surface area (TPSA) is 0 Å². The minimum atomic E-state index is 0. The maximum Gasteiger partial charge on any atom is 0 e. The van der Waals surface area contributed by atoms with E-state index in [9.17, 15) is 0 Å². The van der Waals surface area contributed by atoms with Gasteiger partial charge in [0.2, 0.25) is 0 Å². The zero-order valence-corrected chi connectivity index (χ0v) is 29.8. The number of hydrogen-bond acceptors (Lipinski definition) is 0. The Hall–Kier alpha value is -0.690. The largest absolute Gasteiger partial charge is 0.0561 e. The molecule has 0 saturated heterocycles. The van der Waals surface area contributed by atoms with E-state index in [2.05, 4.69) is 161 Å². The van der Waals surface area contributed by atoms with Crippen LogP contribution in [-0.4, -0.2) is 0 Å². The van der Waals surface area contributed by atoms with Gasteiger partial charge in [-0.15, -0.1) is 0 Å². The third-order valence-corrected chi connectivity index (χ3v) is 7.06. The van der Waals surface area contributed by atoms with Crippen LogP contribution in [-0.2, 0) is 58.3 Å². The fourth-order valence-corrected chi connectivity index (χ4v) is 3.85. The fourth-order valence-electron chi connectivity index (χ4n) is 3.85. The summed E-state index contributed by atoms with van der Waals surface area (Å²) >= 11 is 0. The van der Waals surface area contributed by atoms with E-state index in [1.54, 1.807) is 0 Å². The van der Waals surface area contributed by atoms with Gasteiger partial charge in [0.15, 0.2) is 0 Å². The Kier molecular flexibility index (Phi) is 11.6. The van der Waals surface area contributed by atoms with Crippen molar-refractivity contribution >= 4 is 0 Å². The second-order valence-electron chi connectivity index (χ2n) is 17.1. The summed E-state index contributed by atoms with van der Waals surface area (Å²) in [6.07, 6.45) is 0. The second-order valence-corrected chi connectivity index (χ2v) is 17.1. The molecule has 2 aromatic carbocycles. The number of benzene rings is 2. The Morgan fingerprint density at radius 2 is 0.324 bits per heavy atom. The summed E-state index contributed by atoms with van der Waals surface area (Å²) in [5.74, 6) is 0. The molecule has 0 aliphatic rings. The Balaban J connectivity index is 0.000000682. The van der Waals surface area contributed by atoms with E-state index in [4.69, 9.17) is 0 Å². The predicted octanol–water partition coefficient (Wildman–Crippen LogP) is 11.2. The maximum atomic E-state index is 2.38. The summed E-state index contributed by atoms with van der Waals surface area (Å²) in [7, 11) is 0. The van der Waals surface area contributed by atoms with Crippen LogP contribution in [0.25, 0.3) is 0 Å². The van der Waals surface area contributed by atoms with E-state index >= 15 is 0 Å². The molecule has 0 N–H and O–H groups in total. The number of rotatable bonds is 0. The van der Waals surface area contributed by atoms with Gasteiger partial charge in [-0.3, -0.25) is 0 Å². The van der Waals surface area contributed by atoms with Crippen molar-refractivity contribution in [3.05, 3.63) is 69.8 Å². The van der Waals surface area contributed by atoms with Gasteiger partial charge in [0, 0.05) is 25.8 Å². The average Bonchev–Trinajstić information content (AvgIpc) is 2.63. The first-order valence-corrected chi connectivity index (χ1v) is 14.0. The van der Waals surface area contributed by atoms with Crippen LogP contribution in [0.2, 0.25) is 0 Å². The van der Waals surface area contributed by atoms with E-state index in [1.807, 2.05) is 0 Å². The van der Waals surface area contributed by atoms with Gasteiger partial charge >= 0.3 is 0 Å². The zero-order chi connectivity index (χ0) is 28.7. The first-order chi connectivity index (χ1) is 15.6. The summed E-state index contributed by atoms with van der Waals surface area (Å²) in [5.41, 5.74) is 9.92. The molecule has 0 heterocycles. The standard InChI is InChI=1S/2C18H30.Sc/c2*1-16(2,3)13-10-14(17(4,5)6)12-15(11-13)18(7,8)9;/h2*10-12H,1-9H3;. The van der Waals surface area contributed by atoms with Gasteiger partial charge in [-0.2, -0.15) is 0 Å². The summed E-state index contributed by atoms with van der Waals surface area (Å²) in [6.45, 7) is 41.3. The van der Waals surface area contributed by atoms with Crippen molar-refractivity contribution in [1.82, 2.24) is 0 Å². The number of hydrogen-bond donors (Lipinski definition) is 0. The molecule has 0 aliphatic carbocycles. The van der Waals surface area contributed by atoms with Gasteiger partial charge in [-0.25, -0.2) is 0 Å². The molecule has 0 amide bonds. The van der Waals surface area contributed by atoms with Gasteiger partial charge in [0.1, 0.15) is 0 Å².